The Morgan fingerprint density at radius 2 is 2.12 bits per heavy atom. The Morgan fingerprint density at radius 3 is 2.76 bits per heavy atom. The second-order valence-electron chi connectivity index (χ2n) is 6.82. The summed E-state index contributed by atoms with van der Waals surface area (Å²) in [6.07, 6.45) is 4.95. The third-order valence-corrected chi connectivity index (χ3v) is 6.00. The molecular weight excluding hydrogens is 449 g/mol. The molecule has 0 aliphatic carbocycles. The number of aliphatic imine (C=N–C) groups is 1. The van der Waals surface area contributed by atoms with Crippen molar-refractivity contribution in [3.63, 3.8) is 0 Å². The van der Waals surface area contributed by atoms with E-state index in [2.05, 4.69) is 27.4 Å². The number of amides is 1. The molecule has 0 bridgehead atoms. The number of hydrogen-bond donors (Lipinski definition) is 2. The zero-order valence-electron chi connectivity index (χ0n) is 15.8. The van der Waals surface area contributed by atoms with Crippen LogP contribution in [0, 0.1) is 0 Å². The van der Waals surface area contributed by atoms with Crippen LogP contribution in [-0.4, -0.2) is 85.5 Å². The van der Waals surface area contributed by atoms with Gasteiger partial charge in [0.05, 0.1) is 0 Å². The molecule has 0 aromatic rings. The summed E-state index contributed by atoms with van der Waals surface area (Å²) in [5.74, 6) is 3.20. The van der Waals surface area contributed by atoms with Gasteiger partial charge < -0.3 is 15.5 Å². The van der Waals surface area contributed by atoms with E-state index in [9.17, 15) is 4.79 Å². The van der Waals surface area contributed by atoms with E-state index in [1.165, 1.54) is 38.0 Å². The largest absolute Gasteiger partial charge is 0.355 e. The molecule has 2 saturated heterocycles. The average molecular weight is 483 g/mol. The Labute approximate surface area is 174 Å². The van der Waals surface area contributed by atoms with E-state index in [0.29, 0.717) is 12.1 Å². The number of likely N-dealkylation sites (N-methyl/N-ethyl adjacent to an activating group) is 2. The quantitative estimate of drug-likeness (QED) is 0.342. The van der Waals surface area contributed by atoms with Gasteiger partial charge in [0.15, 0.2) is 5.96 Å². The minimum atomic E-state index is 0. The Balaban J connectivity index is 0.00000312. The van der Waals surface area contributed by atoms with Gasteiger partial charge in [-0.25, -0.2) is 4.99 Å². The van der Waals surface area contributed by atoms with Gasteiger partial charge in [-0.15, -0.1) is 24.0 Å². The van der Waals surface area contributed by atoms with Crippen LogP contribution < -0.4 is 10.6 Å². The summed E-state index contributed by atoms with van der Waals surface area (Å²) >= 11 is 1.99. The van der Waals surface area contributed by atoms with E-state index in [-0.39, 0.29) is 36.4 Å². The molecule has 2 rings (SSSR count). The second-order valence-corrected chi connectivity index (χ2v) is 7.97. The van der Waals surface area contributed by atoms with Crippen molar-refractivity contribution in [2.75, 3.05) is 51.8 Å². The number of nitrogens with zero attached hydrogens (tertiary/aromatic N) is 3. The van der Waals surface area contributed by atoms with Crippen molar-refractivity contribution in [2.45, 2.75) is 44.7 Å². The van der Waals surface area contributed by atoms with Gasteiger partial charge in [0, 0.05) is 38.5 Å². The third-order valence-electron chi connectivity index (χ3n) is 4.78. The molecule has 2 fully saturated rings. The zero-order chi connectivity index (χ0) is 17.4. The smallest absolute Gasteiger partial charge is 0.243 e. The van der Waals surface area contributed by atoms with E-state index in [0.717, 1.165) is 24.8 Å². The van der Waals surface area contributed by atoms with Crippen molar-refractivity contribution < 1.29 is 4.79 Å². The number of halogens is 1. The highest BCUT2D eigenvalue weighted by atomic mass is 127. The van der Waals surface area contributed by atoms with Crippen LogP contribution in [0.3, 0.4) is 0 Å². The summed E-state index contributed by atoms with van der Waals surface area (Å²) in [5, 5.41) is 7.02. The van der Waals surface area contributed by atoms with E-state index in [4.69, 9.17) is 0 Å². The molecule has 0 saturated carbocycles. The fourth-order valence-electron chi connectivity index (χ4n) is 3.25. The van der Waals surface area contributed by atoms with Crippen LogP contribution in [0.25, 0.3) is 0 Å². The molecule has 2 atom stereocenters. The first-order valence-corrected chi connectivity index (χ1v) is 10.3. The van der Waals surface area contributed by atoms with Crippen LogP contribution in [0.2, 0.25) is 0 Å². The highest BCUT2D eigenvalue weighted by molar-refractivity contribution is 14.0. The fourth-order valence-corrected chi connectivity index (χ4v) is 4.32. The number of hydrogen-bond acceptors (Lipinski definition) is 4. The second kappa shape index (κ2) is 12.2. The number of rotatable bonds is 6. The van der Waals surface area contributed by atoms with Crippen molar-refractivity contribution >= 4 is 47.6 Å². The van der Waals surface area contributed by atoms with Gasteiger partial charge in [0.1, 0.15) is 6.54 Å². The van der Waals surface area contributed by atoms with Gasteiger partial charge in [-0.1, -0.05) is 6.92 Å². The molecule has 8 heteroatoms. The molecule has 25 heavy (non-hydrogen) atoms. The minimum absolute atomic E-state index is 0. The van der Waals surface area contributed by atoms with Crippen LogP contribution in [0.4, 0.5) is 0 Å². The topological polar surface area (TPSA) is 60.0 Å². The van der Waals surface area contributed by atoms with Crippen molar-refractivity contribution in [1.29, 1.82) is 0 Å². The van der Waals surface area contributed by atoms with Crippen molar-refractivity contribution in [3.8, 4) is 0 Å². The molecule has 0 radical (unpaired) electrons. The van der Waals surface area contributed by atoms with Crippen LogP contribution in [-0.2, 0) is 4.79 Å². The highest BCUT2D eigenvalue weighted by Crippen LogP contribution is 2.17. The lowest BCUT2D eigenvalue weighted by atomic mass is 10.2. The summed E-state index contributed by atoms with van der Waals surface area (Å²) in [6, 6.07) is 1.03. The predicted octanol–water partition coefficient (Wildman–Crippen LogP) is 1.61. The molecule has 2 N–H and O–H groups in total. The molecule has 1 amide bonds. The molecule has 6 nitrogen and oxygen atoms in total. The Kier molecular flexibility index (Phi) is 11.2. The first kappa shape index (κ1) is 22.8. The van der Waals surface area contributed by atoms with Gasteiger partial charge in [-0.3, -0.25) is 9.69 Å². The first-order chi connectivity index (χ1) is 11.6. The van der Waals surface area contributed by atoms with E-state index in [1.54, 1.807) is 19.0 Å². The summed E-state index contributed by atoms with van der Waals surface area (Å²) in [5.41, 5.74) is 0. The number of carbonyl (C=O) groups is 1. The zero-order valence-corrected chi connectivity index (χ0v) is 18.9. The SMILES string of the molecule is CCN1CCCC1CNC(=NCC(=O)N(C)C)NC1CCCSC1.I. The van der Waals surface area contributed by atoms with E-state index in [1.807, 2.05) is 11.8 Å². The molecular formula is C17H34IN5OS. The summed E-state index contributed by atoms with van der Waals surface area (Å²) in [7, 11) is 3.54. The lowest BCUT2D eigenvalue weighted by molar-refractivity contribution is -0.127. The maximum absolute atomic E-state index is 11.8. The van der Waals surface area contributed by atoms with Crippen molar-refractivity contribution in [2.24, 2.45) is 4.99 Å². The molecule has 146 valence electrons. The molecule has 0 aromatic heterocycles. The Bertz CT molecular complexity index is 429. The van der Waals surface area contributed by atoms with Gasteiger partial charge in [-0.05, 0) is 44.5 Å². The van der Waals surface area contributed by atoms with Crippen LogP contribution in [0.5, 0.6) is 0 Å². The molecule has 0 spiro atoms. The number of likely N-dealkylation sites (tertiary alicyclic amines) is 1. The summed E-state index contributed by atoms with van der Waals surface area (Å²) < 4.78 is 0. The standard InChI is InChI=1S/C17H33N5OS.HI/c1-4-22-9-5-8-15(22)11-18-17(19-12-16(23)21(2)3)20-14-7-6-10-24-13-14;/h14-15H,4-13H2,1-3H3,(H2,18,19,20);1H. The summed E-state index contributed by atoms with van der Waals surface area (Å²) in [4.78, 5) is 20.5. The maximum atomic E-state index is 11.8. The van der Waals surface area contributed by atoms with Crippen molar-refractivity contribution in [3.05, 3.63) is 0 Å². The lowest BCUT2D eigenvalue weighted by Gasteiger charge is -2.27. The lowest BCUT2D eigenvalue weighted by Crippen LogP contribution is -2.49. The number of carbonyl (C=O) groups excluding carboxylic acids is 1. The molecule has 2 heterocycles. The Morgan fingerprint density at radius 1 is 1.32 bits per heavy atom. The fraction of sp³-hybridized carbons (Fsp3) is 0.882. The molecule has 2 unspecified atom stereocenters. The van der Waals surface area contributed by atoms with E-state index < -0.39 is 0 Å². The molecule has 0 aromatic carbocycles. The monoisotopic (exact) mass is 483 g/mol. The van der Waals surface area contributed by atoms with Crippen LogP contribution in [0.1, 0.15) is 32.6 Å². The van der Waals surface area contributed by atoms with Crippen LogP contribution >= 0.6 is 35.7 Å². The third kappa shape index (κ3) is 7.90. The Hall–Kier alpha value is -0.220. The first-order valence-electron chi connectivity index (χ1n) is 9.17. The molecule has 2 aliphatic rings. The van der Waals surface area contributed by atoms with Crippen molar-refractivity contribution in [1.82, 2.24) is 20.4 Å². The maximum Gasteiger partial charge on any atom is 0.243 e. The van der Waals surface area contributed by atoms with Gasteiger partial charge in [0.25, 0.3) is 0 Å². The van der Waals surface area contributed by atoms with Gasteiger partial charge >= 0.3 is 0 Å². The molecule has 2 aliphatic heterocycles. The minimum Gasteiger partial charge on any atom is -0.355 e. The van der Waals surface area contributed by atoms with Gasteiger partial charge in [0.2, 0.25) is 5.91 Å². The summed E-state index contributed by atoms with van der Waals surface area (Å²) in [6.45, 7) is 5.62. The highest BCUT2D eigenvalue weighted by Gasteiger charge is 2.23. The average Bonchev–Trinajstić information content (AvgIpc) is 3.05. The number of guanidine groups is 1. The van der Waals surface area contributed by atoms with E-state index >= 15 is 0 Å². The van der Waals surface area contributed by atoms with Gasteiger partial charge in [-0.2, -0.15) is 11.8 Å². The van der Waals surface area contributed by atoms with Crippen LogP contribution in [0.15, 0.2) is 4.99 Å². The predicted molar refractivity (Wildman–Crippen MR) is 118 cm³/mol. The number of nitrogens with one attached hydrogen (secondary N) is 2. The normalized spacial score (nSPS) is 24.5. The number of thioether (sulfide) groups is 1.